The molecule has 0 amide bonds. The van der Waals surface area contributed by atoms with Crippen LogP contribution in [-0.2, 0) is 22.6 Å². The van der Waals surface area contributed by atoms with Crippen LogP contribution >= 0.6 is 0 Å². The number of sulfone groups is 1. The topological polar surface area (TPSA) is 64.8 Å². The summed E-state index contributed by atoms with van der Waals surface area (Å²) in [6.07, 6.45) is 2.90. The van der Waals surface area contributed by atoms with Crippen LogP contribution in [0, 0.1) is 6.92 Å². The molecule has 2 aromatic heterocycles. The smallest absolute Gasteiger partial charge is 0.185 e. The van der Waals surface area contributed by atoms with Crippen LogP contribution in [0.15, 0.2) is 35.5 Å². The molecular formula is C11H13N3O2S. The third-order valence-electron chi connectivity index (χ3n) is 2.50. The highest BCUT2D eigenvalue weighted by molar-refractivity contribution is 7.90. The highest BCUT2D eigenvalue weighted by Gasteiger charge is 2.17. The van der Waals surface area contributed by atoms with Crippen LogP contribution < -0.4 is 0 Å². The van der Waals surface area contributed by atoms with Crippen molar-refractivity contribution in [3.8, 4) is 0 Å². The summed E-state index contributed by atoms with van der Waals surface area (Å²) >= 11 is 0. The molecule has 0 bridgehead atoms. The van der Waals surface area contributed by atoms with E-state index in [-0.39, 0.29) is 10.6 Å². The van der Waals surface area contributed by atoms with Gasteiger partial charge in [-0.05, 0) is 25.1 Å². The Labute approximate surface area is 100 Å². The first-order chi connectivity index (χ1) is 7.99. The van der Waals surface area contributed by atoms with Gasteiger partial charge in [0.05, 0.1) is 16.3 Å². The molecule has 2 rings (SSSR count). The largest absolute Gasteiger partial charge is 0.273 e. The maximum Gasteiger partial charge on any atom is 0.185 e. The van der Waals surface area contributed by atoms with Crippen molar-refractivity contribution < 1.29 is 8.42 Å². The predicted octanol–water partition coefficient (Wildman–Crippen LogP) is 1.10. The van der Waals surface area contributed by atoms with E-state index >= 15 is 0 Å². The first-order valence-electron chi connectivity index (χ1n) is 5.11. The first kappa shape index (κ1) is 11.8. The van der Waals surface area contributed by atoms with Gasteiger partial charge in [0.1, 0.15) is 0 Å². The van der Waals surface area contributed by atoms with Crippen molar-refractivity contribution in [1.82, 2.24) is 14.8 Å². The molecule has 0 unspecified atom stereocenters. The quantitative estimate of drug-likeness (QED) is 0.819. The maximum atomic E-state index is 12.0. The average Bonchev–Trinajstić information content (AvgIpc) is 2.58. The van der Waals surface area contributed by atoms with Crippen molar-refractivity contribution in [3.63, 3.8) is 0 Å². The number of aryl methyl sites for hydroxylation is 2. The molecule has 0 atom stereocenters. The normalized spacial score (nSPS) is 11.6. The Hall–Kier alpha value is -1.69. The number of aromatic nitrogens is 3. The summed E-state index contributed by atoms with van der Waals surface area (Å²) in [5.74, 6) is -0.0969. The van der Waals surface area contributed by atoms with Gasteiger partial charge >= 0.3 is 0 Å². The average molecular weight is 251 g/mol. The maximum absolute atomic E-state index is 12.0. The van der Waals surface area contributed by atoms with Crippen LogP contribution in [0.2, 0.25) is 0 Å². The molecule has 0 N–H and O–H groups in total. The molecule has 0 aliphatic heterocycles. The molecule has 2 heterocycles. The molecular weight excluding hydrogens is 238 g/mol. The Morgan fingerprint density at radius 2 is 2.18 bits per heavy atom. The Balaban J connectivity index is 2.30. The van der Waals surface area contributed by atoms with E-state index < -0.39 is 9.84 Å². The van der Waals surface area contributed by atoms with Gasteiger partial charge in [0.15, 0.2) is 9.84 Å². The van der Waals surface area contributed by atoms with Gasteiger partial charge in [-0.25, -0.2) is 8.42 Å². The van der Waals surface area contributed by atoms with Gasteiger partial charge in [0.2, 0.25) is 0 Å². The van der Waals surface area contributed by atoms with E-state index in [1.165, 1.54) is 12.3 Å². The monoisotopic (exact) mass is 251 g/mol. The number of pyridine rings is 1. The minimum Gasteiger partial charge on any atom is -0.273 e. The number of rotatable bonds is 3. The van der Waals surface area contributed by atoms with E-state index in [0.717, 1.165) is 5.69 Å². The predicted molar refractivity (Wildman–Crippen MR) is 63.1 cm³/mol. The summed E-state index contributed by atoms with van der Waals surface area (Å²) in [5.41, 5.74) is 1.48. The van der Waals surface area contributed by atoms with Crippen molar-refractivity contribution in [2.45, 2.75) is 17.6 Å². The van der Waals surface area contributed by atoms with Crippen molar-refractivity contribution in [3.05, 3.63) is 42.0 Å². The van der Waals surface area contributed by atoms with Gasteiger partial charge < -0.3 is 0 Å². The summed E-state index contributed by atoms with van der Waals surface area (Å²) in [4.78, 5) is 4.04. The molecule has 0 fully saturated rings. The van der Waals surface area contributed by atoms with E-state index in [0.29, 0.717) is 5.69 Å². The Bertz CT molecular complexity index is 598. The van der Waals surface area contributed by atoms with Crippen LogP contribution in [0.3, 0.4) is 0 Å². The second-order valence-corrected chi connectivity index (χ2v) is 5.84. The molecule has 17 heavy (non-hydrogen) atoms. The van der Waals surface area contributed by atoms with Gasteiger partial charge in [-0.3, -0.25) is 9.67 Å². The van der Waals surface area contributed by atoms with Crippen LogP contribution in [0.5, 0.6) is 0 Å². The fourth-order valence-electron chi connectivity index (χ4n) is 1.51. The van der Waals surface area contributed by atoms with E-state index in [9.17, 15) is 8.42 Å². The number of nitrogens with zero attached hydrogens (tertiary/aromatic N) is 3. The highest BCUT2D eigenvalue weighted by atomic mass is 32.2. The van der Waals surface area contributed by atoms with E-state index in [1.807, 2.05) is 6.92 Å². The molecule has 6 heteroatoms. The van der Waals surface area contributed by atoms with Crippen LogP contribution in [-0.4, -0.2) is 23.2 Å². The lowest BCUT2D eigenvalue weighted by Gasteiger charge is -2.00. The third-order valence-corrected chi connectivity index (χ3v) is 4.13. The lowest BCUT2D eigenvalue weighted by Crippen LogP contribution is -2.06. The van der Waals surface area contributed by atoms with Crippen molar-refractivity contribution in [2.75, 3.05) is 0 Å². The van der Waals surface area contributed by atoms with Crippen LogP contribution in [0.1, 0.15) is 11.4 Å². The summed E-state index contributed by atoms with van der Waals surface area (Å²) in [5, 5.41) is 4.14. The number of hydrogen-bond acceptors (Lipinski definition) is 4. The minimum absolute atomic E-state index is 0.0969. The van der Waals surface area contributed by atoms with Crippen molar-refractivity contribution >= 4 is 9.84 Å². The fraction of sp³-hybridized carbons (Fsp3) is 0.273. The zero-order valence-electron chi connectivity index (χ0n) is 9.66. The van der Waals surface area contributed by atoms with Gasteiger partial charge in [0.25, 0.3) is 0 Å². The molecule has 2 aromatic rings. The molecule has 90 valence electrons. The number of hydrogen-bond donors (Lipinski definition) is 0. The summed E-state index contributed by atoms with van der Waals surface area (Å²) in [7, 11) is -1.57. The third kappa shape index (κ3) is 2.52. The van der Waals surface area contributed by atoms with Gasteiger partial charge in [-0.1, -0.05) is 0 Å². The SMILES string of the molecule is Cc1cc(CS(=O)(=O)c2cccnc2)nn1C. The Morgan fingerprint density at radius 3 is 2.71 bits per heavy atom. The second-order valence-electron chi connectivity index (χ2n) is 3.85. The highest BCUT2D eigenvalue weighted by Crippen LogP contribution is 2.14. The molecule has 0 aromatic carbocycles. The van der Waals surface area contributed by atoms with E-state index in [4.69, 9.17) is 0 Å². The van der Waals surface area contributed by atoms with Crippen LogP contribution in [0.4, 0.5) is 0 Å². The van der Waals surface area contributed by atoms with Crippen molar-refractivity contribution in [1.29, 1.82) is 0 Å². The van der Waals surface area contributed by atoms with E-state index in [1.54, 1.807) is 30.1 Å². The zero-order chi connectivity index (χ0) is 12.5. The van der Waals surface area contributed by atoms with E-state index in [2.05, 4.69) is 10.1 Å². The summed E-state index contributed by atoms with van der Waals surface area (Å²) in [6, 6.07) is 4.92. The fourth-order valence-corrected chi connectivity index (χ4v) is 2.72. The molecule has 0 saturated carbocycles. The van der Waals surface area contributed by atoms with Gasteiger partial charge in [0, 0.05) is 25.1 Å². The Morgan fingerprint density at radius 1 is 1.41 bits per heavy atom. The molecule has 0 radical (unpaired) electrons. The van der Waals surface area contributed by atoms with Crippen LogP contribution in [0.25, 0.3) is 0 Å². The molecule has 5 nitrogen and oxygen atoms in total. The summed E-state index contributed by atoms with van der Waals surface area (Å²) in [6.45, 7) is 1.88. The Kier molecular flexibility index (Phi) is 2.97. The standard InChI is InChI=1S/C11H13N3O2S/c1-9-6-10(13-14(9)2)8-17(15,16)11-4-3-5-12-7-11/h3-7H,8H2,1-2H3. The van der Waals surface area contributed by atoms with Gasteiger partial charge in [-0.15, -0.1) is 0 Å². The molecule has 0 aliphatic carbocycles. The molecule has 0 aliphatic rings. The zero-order valence-corrected chi connectivity index (χ0v) is 10.5. The van der Waals surface area contributed by atoms with Crippen molar-refractivity contribution in [2.24, 2.45) is 7.05 Å². The first-order valence-corrected chi connectivity index (χ1v) is 6.76. The van der Waals surface area contributed by atoms with Gasteiger partial charge in [-0.2, -0.15) is 5.10 Å². The second kappa shape index (κ2) is 4.29. The molecule has 0 saturated heterocycles. The summed E-state index contributed by atoms with van der Waals surface area (Å²) < 4.78 is 25.7. The lowest BCUT2D eigenvalue weighted by atomic mass is 10.4. The minimum atomic E-state index is -3.36. The molecule has 0 spiro atoms. The lowest BCUT2D eigenvalue weighted by molar-refractivity contribution is 0.593.